The topological polar surface area (TPSA) is 9.23 Å². The number of rotatable bonds is 4. The smallest absolute Gasteiger partial charge is 0.130 e. The van der Waals surface area contributed by atoms with E-state index in [0.717, 1.165) is 17.7 Å². The van der Waals surface area contributed by atoms with Gasteiger partial charge in [-0.2, -0.15) is 0 Å². The molecule has 0 radical (unpaired) electrons. The quantitative estimate of drug-likeness (QED) is 0.708. The molecule has 2 rings (SSSR count). The Morgan fingerprint density at radius 3 is 2.33 bits per heavy atom. The average molecular weight is 238 g/mol. The predicted octanol–water partition coefficient (Wildman–Crippen LogP) is 4.58. The zero-order valence-electron chi connectivity index (χ0n) is 10.9. The van der Waals surface area contributed by atoms with Gasteiger partial charge >= 0.3 is 0 Å². The molecule has 0 aliphatic rings. The Hall–Kier alpha value is -2.02. The van der Waals surface area contributed by atoms with E-state index in [1.807, 2.05) is 38.1 Å². The van der Waals surface area contributed by atoms with Gasteiger partial charge in [0.25, 0.3) is 0 Å². The van der Waals surface area contributed by atoms with Crippen LogP contribution in [0.25, 0.3) is 0 Å². The van der Waals surface area contributed by atoms with Crippen LogP contribution in [-0.2, 0) is 6.42 Å². The maximum absolute atomic E-state index is 5.71. The van der Waals surface area contributed by atoms with Crippen molar-refractivity contribution in [2.45, 2.75) is 20.3 Å². The largest absolute Gasteiger partial charge is 0.465 e. The minimum atomic E-state index is 0.896. The normalized spacial score (nSPS) is 9.89. The average Bonchev–Trinajstić information content (AvgIpc) is 2.39. The number of allylic oxidation sites excluding steroid dienone is 1. The lowest BCUT2D eigenvalue weighted by Crippen LogP contribution is -1.93. The van der Waals surface area contributed by atoms with Crippen LogP contribution >= 0.6 is 0 Å². The van der Waals surface area contributed by atoms with Gasteiger partial charge in [-0.15, -0.1) is 0 Å². The second kappa shape index (κ2) is 6.06. The second-order valence-electron chi connectivity index (χ2n) is 4.58. The van der Waals surface area contributed by atoms with Crippen molar-refractivity contribution in [3.8, 4) is 5.75 Å². The van der Waals surface area contributed by atoms with Crippen LogP contribution in [0, 0.1) is 0 Å². The summed E-state index contributed by atoms with van der Waals surface area (Å²) in [5, 5.41) is 0. The monoisotopic (exact) mass is 238 g/mol. The first-order chi connectivity index (χ1) is 8.75. The van der Waals surface area contributed by atoms with E-state index in [2.05, 4.69) is 30.3 Å². The molecule has 0 atom stereocenters. The maximum atomic E-state index is 5.71. The first-order valence-electron chi connectivity index (χ1n) is 6.17. The third kappa shape index (κ3) is 3.49. The van der Waals surface area contributed by atoms with Crippen molar-refractivity contribution in [2.24, 2.45) is 0 Å². The highest BCUT2D eigenvalue weighted by atomic mass is 16.5. The van der Waals surface area contributed by atoms with Crippen LogP contribution in [0.2, 0.25) is 0 Å². The van der Waals surface area contributed by atoms with Gasteiger partial charge in [-0.25, -0.2) is 0 Å². The lowest BCUT2D eigenvalue weighted by molar-refractivity contribution is 0.470. The fourth-order valence-corrected chi connectivity index (χ4v) is 1.76. The van der Waals surface area contributed by atoms with Gasteiger partial charge in [0.15, 0.2) is 0 Å². The Labute approximate surface area is 109 Å². The van der Waals surface area contributed by atoms with Crippen molar-refractivity contribution in [2.75, 3.05) is 0 Å². The van der Waals surface area contributed by atoms with Gasteiger partial charge in [0, 0.05) is 6.42 Å². The van der Waals surface area contributed by atoms with Crippen LogP contribution in [0.1, 0.15) is 25.0 Å². The fourth-order valence-electron chi connectivity index (χ4n) is 1.76. The Balaban J connectivity index is 2.20. The molecule has 2 aromatic carbocycles. The summed E-state index contributed by atoms with van der Waals surface area (Å²) < 4.78 is 5.71. The van der Waals surface area contributed by atoms with Crippen molar-refractivity contribution in [3.05, 3.63) is 77.6 Å². The van der Waals surface area contributed by atoms with E-state index in [9.17, 15) is 0 Å². The Morgan fingerprint density at radius 1 is 0.944 bits per heavy atom. The van der Waals surface area contributed by atoms with Crippen LogP contribution in [0.15, 0.2) is 66.4 Å². The van der Waals surface area contributed by atoms with Crippen LogP contribution in [-0.4, -0.2) is 0 Å². The molecule has 0 amide bonds. The first-order valence-corrected chi connectivity index (χ1v) is 6.17. The lowest BCUT2D eigenvalue weighted by Gasteiger charge is -2.08. The van der Waals surface area contributed by atoms with E-state index in [0.29, 0.717) is 0 Å². The molecule has 1 nitrogen and oxygen atoms in total. The van der Waals surface area contributed by atoms with E-state index in [-0.39, 0.29) is 0 Å². The minimum Gasteiger partial charge on any atom is -0.465 e. The zero-order valence-corrected chi connectivity index (χ0v) is 10.9. The van der Waals surface area contributed by atoms with Gasteiger partial charge in [0.2, 0.25) is 0 Å². The molecule has 0 fully saturated rings. The summed E-state index contributed by atoms with van der Waals surface area (Å²) >= 11 is 0. The van der Waals surface area contributed by atoms with Crippen LogP contribution in [0.5, 0.6) is 5.75 Å². The molecule has 2 aromatic rings. The molecule has 0 N–H and O–H groups in total. The highest BCUT2D eigenvalue weighted by Gasteiger charge is 2.03. The summed E-state index contributed by atoms with van der Waals surface area (Å²) in [6.07, 6.45) is 2.69. The van der Waals surface area contributed by atoms with E-state index < -0.39 is 0 Å². The number of para-hydroxylation sites is 1. The van der Waals surface area contributed by atoms with Crippen LogP contribution in [0.3, 0.4) is 0 Å². The predicted molar refractivity (Wildman–Crippen MR) is 75.7 cm³/mol. The fraction of sp³-hybridized carbons (Fsp3) is 0.176. The lowest BCUT2D eigenvalue weighted by atomic mass is 10.0. The Kier molecular flexibility index (Phi) is 4.19. The van der Waals surface area contributed by atoms with Gasteiger partial charge in [0.1, 0.15) is 5.75 Å². The highest BCUT2D eigenvalue weighted by Crippen LogP contribution is 2.21. The number of hydrogen-bond donors (Lipinski definition) is 0. The molecular formula is C17H18O. The van der Waals surface area contributed by atoms with Gasteiger partial charge in [-0.3, -0.25) is 0 Å². The van der Waals surface area contributed by atoms with E-state index >= 15 is 0 Å². The van der Waals surface area contributed by atoms with Gasteiger partial charge in [-0.05, 0) is 36.6 Å². The molecule has 0 aromatic heterocycles. The molecule has 18 heavy (non-hydrogen) atoms. The Morgan fingerprint density at radius 2 is 1.61 bits per heavy atom. The molecule has 0 bridgehead atoms. The van der Waals surface area contributed by atoms with Gasteiger partial charge in [0.05, 0.1) is 6.26 Å². The summed E-state index contributed by atoms with van der Waals surface area (Å²) in [5.74, 6) is 0.933. The van der Waals surface area contributed by atoms with Gasteiger partial charge < -0.3 is 4.74 Å². The number of ether oxygens (including phenoxy) is 1. The summed E-state index contributed by atoms with van der Waals surface area (Å²) in [7, 11) is 0. The molecule has 0 unspecified atom stereocenters. The van der Waals surface area contributed by atoms with E-state index in [4.69, 9.17) is 4.74 Å². The van der Waals surface area contributed by atoms with E-state index in [1.165, 1.54) is 11.1 Å². The van der Waals surface area contributed by atoms with Crippen molar-refractivity contribution in [3.63, 3.8) is 0 Å². The standard InChI is InChI=1S/C17H18O/c1-14(2)13-18-17-11-7-6-10-16(17)12-15-8-4-3-5-9-15/h3-11,13H,12H2,1-2H3. The first kappa shape index (κ1) is 12.4. The third-order valence-corrected chi connectivity index (χ3v) is 2.63. The molecule has 0 saturated heterocycles. The van der Waals surface area contributed by atoms with Crippen molar-refractivity contribution in [1.82, 2.24) is 0 Å². The second-order valence-corrected chi connectivity index (χ2v) is 4.58. The van der Waals surface area contributed by atoms with Crippen LogP contribution < -0.4 is 4.74 Å². The van der Waals surface area contributed by atoms with Crippen molar-refractivity contribution in [1.29, 1.82) is 0 Å². The molecule has 0 heterocycles. The molecule has 1 heteroatoms. The number of hydrogen-bond acceptors (Lipinski definition) is 1. The third-order valence-electron chi connectivity index (χ3n) is 2.63. The summed E-state index contributed by atoms with van der Waals surface area (Å²) in [4.78, 5) is 0. The SMILES string of the molecule is CC(C)=COc1ccccc1Cc1ccccc1. The Bertz CT molecular complexity index is 522. The zero-order chi connectivity index (χ0) is 12.8. The highest BCUT2D eigenvalue weighted by molar-refractivity contribution is 5.38. The number of benzene rings is 2. The van der Waals surface area contributed by atoms with Crippen molar-refractivity contribution >= 4 is 0 Å². The molecule has 0 saturated carbocycles. The maximum Gasteiger partial charge on any atom is 0.130 e. The molecule has 0 aliphatic heterocycles. The molecule has 92 valence electrons. The van der Waals surface area contributed by atoms with Crippen molar-refractivity contribution < 1.29 is 4.74 Å². The van der Waals surface area contributed by atoms with Crippen LogP contribution in [0.4, 0.5) is 0 Å². The minimum absolute atomic E-state index is 0.896. The summed E-state index contributed by atoms with van der Waals surface area (Å²) in [6.45, 7) is 4.06. The molecular weight excluding hydrogens is 220 g/mol. The summed E-state index contributed by atoms with van der Waals surface area (Å²) in [5.41, 5.74) is 3.66. The molecule has 0 aliphatic carbocycles. The van der Waals surface area contributed by atoms with Gasteiger partial charge in [-0.1, -0.05) is 48.5 Å². The molecule has 0 spiro atoms. The van der Waals surface area contributed by atoms with E-state index in [1.54, 1.807) is 6.26 Å². The summed E-state index contributed by atoms with van der Waals surface area (Å²) in [6, 6.07) is 18.6.